The van der Waals surface area contributed by atoms with E-state index in [1.54, 1.807) is 0 Å². The molecule has 28 heavy (non-hydrogen) atoms. The van der Waals surface area contributed by atoms with E-state index in [1.165, 1.54) is 0 Å². The number of likely N-dealkylation sites (N-methyl/N-ethyl adjacent to an activating group) is 1. The number of nitrogens with zero attached hydrogens (tertiary/aromatic N) is 2. The zero-order chi connectivity index (χ0) is 21.4. The summed E-state index contributed by atoms with van der Waals surface area (Å²) in [6.07, 6.45) is 1.54. The lowest BCUT2D eigenvalue weighted by Gasteiger charge is -2.43. The number of nitrogens with one attached hydrogen (secondary N) is 3. The summed E-state index contributed by atoms with van der Waals surface area (Å²) in [7, 11) is 4.23. The molecule has 0 unspecified atom stereocenters. The first-order valence-electron chi connectivity index (χ1n) is 10.2. The van der Waals surface area contributed by atoms with Crippen molar-refractivity contribution >= 4 is 12.1 Å². The van der Waals surface area contributed by atoms with E-state index in [9.17, 15) is 4.79 Å². The Morgan fingerprint density at radius 3 is 2.25 bits per heavy atom. The molecule has 1 fully saturated rings. The van der Waals surface area contributed by atoms with E-state index >= 15 is 0 Å². The molecule has 0 aromatic heterocycles. The number of carbonyl (C=O) groups is 1. The van der Waals surface area contributed by atoms with Gasteiger partial charge in [-0.3, -0.25) is 4.99 Å². The monoisotopic (exact) mass is 399 g/mol. The average Bonchev–Trinajstić information content (AvgIpc) is 2.55. The molecule has 8 nitrogen and oxygen atoms in total. The maximum atomic E-state index is 12.1. The van der Waals surface area contributed by atoms with Crippen molar-refractivity contribution in [2.24, 2.45) is 4.99 Å². The summed E-state index contributed by atoms with van der Waals surface area (Å²) in [5.74, 6) is 0.745. The minimum absolute atomic E-state index is 0.0543. The number of amides is 1. The number of alkyl carbamates (subject to hydrolysis) is 1. The van der Waals surface area contributed by atoms with Crippen molar-refractivity contribution in [1.29, 1.82) is 0 Å². The van der Waals surface area contributed by atoms with Crippen molar-refractivity contribution in [2.75, 3.05) is 46.9 Å². The minimum Gasteiger partial charge on any atom is -0.444 e. The Kier molecular flexibility index (Phi) is 9.01. The summed E-state index contributed by atoms with van der Waals surface area (Å²) >= 11 is 0. The van der Waals surface area contributed by atoms with Gasteiger partial charge in [-0.05, 0) is 68.5 Å². The highest BCUT2D eigenvalue weighted by molar-refractivity contribution is 5.80. The molecule has 1 amide bonds. The van der Waals surface area contributed by atoms with Gasteiger partial charge in [0.2, 0.25) is 0 Å². The van der Waals surface area contributed by atoms with Crippen LogP contribution in [0.4, 0.5) is 4.79 Å². The van der Waals surface area contributed by atoms with Crippen molar-refractivity contribution < 1.29 is 14.3 Å². The summed E-state index contributed by atoms with van der Waals surface area (Å²) in [5.41, 5.74) is -0.995. The number of hydrogen-bond donors (Lipinski definition) is 3. The van der Waals surface area contributed by atoms with E-state index in [-0.39, 0.29) is 5.54 Å². The molecule has 0 atom stereocenters. The number of guanidine groups is 1. The van der Waals surface area contributed by atoms with Crippen LogP contribution in [0.2, 0.25) is 0 Å². The number of ether oxygens (including phenoxy) is 2. The molecule has 0 spiro atoms. The summed E-state index contributed by atoms with van der Waals surface area (Å²) in [5, 5.41) is 9.65. The van der Waals surface area contributed by atoms with Crippen molar-refractivity contribution in [3.63, 3.8) is 0 Å². The molecule has 3 N–H and O–H groups in total. The molecule has 1 aliphatic rings. The van der Waals surface area contributed by atoms with Crippen LogP contribution in [-0.4, -0.2) is 80.6 Å². The van der Waals surface area contributed by atoms with Gasteiger partial charge in [0.25, 0.3) is 0 Å². The van der Waals surface area contributed by atoms with Gasteiger partial charge in [-0.15, -0.1) is 0 Å². The number of hydrogen-bond acceptors (Lipinski definition) is 5. The zero-order valence-corrected chi connectivity index (χ0v) is 19.1. The highest BCUT2D eigenvalue weighted by Gasteiger charge is 2.35. The van der Waals surface area contributed by atoms with E-state index in [1.807, 2.05) is 41.5 Å². The third-order valence-corrected chi connectivity index (χ3v) is 4.77. The van der Waals surface area contributed by atoms with Crippen LogP contribution in [0.15, 0.2) is 4.99 Å². The van der Waals surface area contributed by atoms with E-state index in [2.05, 4.69) is 39.9 Å². The molecule has 0 aromatic carbocycles. The van der Waals surface area contributed by atoms with E-state index in [0.29, 0.717) is 6.54 Å². The lowest BCUT2D eigenvalue weighted by Crippen LogP contribution is -2.57. The van der Waals surface area contributed by atoms with Gasteiger partial charge in [0, 0.05) is 31.8 Å². The Morgan fingerprint density at radius 1 is 1.14 bits per heavy atom. The fourth-order valence-electron chi connectivity index (χ4n) is 3.02. The van der Waals surface area contributed by atoms with Crippen LogP contribution in [0.3, 0.4) is 0 Å². The highest BCUT2D eigenvalue weighted by Crippen LogP contribution is 2.25. The zero-order valence-electron chi connectivity index (χ0n) is 19.1. The number of rotatable bonds is 7. The molecule has 0 bridgehead atoms. The maximum absolute atomic E-state index is 12.1. The van der Waals surface area contributed by atoms with Gasteiger partial charge < -0.3 is 30.3 Å². The molecule has 8 heteroatoms. The number of carbonyl (C=O) groups excluding carboxylic acids is 1. The first-order valence-corrected chi connectivity index (χ1v) is 10.2. The summed E-state index contributed by atoms with van der Waals surface area (Å²) in [4.78, 5) is 19.0. The molecule has 0 aliphatic carbocycles. The SMILES string of the molecule is CCNC(=NCC(C)(C)NC(=O)OC(C)(C)C)NCC1(N(C)C)CCOCC1. The topological polar surface area (TPSA) is 87.2 Å². The van der Waals surface area contributed by atoms with Gasteiger partial charge in [-0.1, -0.05) is 0 Å². The normalized spacial score (nSPS) is 18.0. The Balaban J connectivity index is 2.70. The van der Waals surface area contributed by atoms with Gasteiger partial charge in [-0.25, -0.2) is 4.79 Å². The molecule has 1 aliphatic heterocycles. The van der Waals surface area contributed by atoms with E-state index in [4.69, 9.17) is 9.47 Å². The highest BCUT2D eigenvalue weighted by atomic mass is 16.6. The van der Waals surface area contributed by atoms with E-state index in [0.717, 1.165) is 45.1 Å². The summed E-state index contributed by atoms with van der Waals surface area (Å²) in [6, 6.07) is 0. The predicted molar refractivity (Wildman–Crippen MR) is 114 cm³/mol. The van der Waals surface area contributed by atoms with Crippen molar-refractivity contribution in [2.45, 2.75) is 71.1 Å². The molecular formula is C20H41N5O3. The molecular weight excluding hydrogens is 358 g/mol. The Hall–Kier alpha value is -1.54. The van der Waals surface area contributed by atoms with Crippen LogP contribution in [0.25, 0.3) is 0 Å². The quantitative estimate of drug-likeness (QED) is 0.448. The molecule has 0 saturated carbocycles. The van der Waals surface area contributed by atoms with Gasteiger partial charge in [0.1, 0.15) is 5.60 Å². The first kappa shape index (κ1) is 24.5. The smallest absolute Gasteiger partial charge is 0.408 e. The van der Waals surface area contributed by atoms with Crippen molar-refractivity contribution in [3.05, 3.63) is 0 Å². The average molecular weight is 400 g/mol. The largest absolute Gasteiger partial charge is 0.444 e. The van der Waals surface area contributed by atoms with Gasteiger partial charge in [0.15, 0.2) is 5.96 Å². The lowest BCUT2D eigenvalue weighted by atomic mass is 9.88. The Morgan fingerprint density at radius 2 is 1.75 bits per heavy atom. The van der Waals surface area contributed by atoms with E-state index < -0.39 is 17.2 Å². The van der Waals surface area contributed by atoms with Crippen molar-refractivity contribution in [1.82, 2.24) is 20.9 Å². The second-order valence-corrected chi connectivity index (χ2v) is 9.29. The standard InChI is InChI=1S/C20H41N5O3/c1-9-21-16(23-15-20(25(7)8)10-12-27-13-11-20)22-14-19(5,6)24-17(26)28-18(2,3)4/h9-15H2,1-8H3,(H,24,26)(H2,21,22,23). The van der Waals surface area contributed by atoms with Crippen LogP contribution >= 0.6 is 0 Å². The first-order chi connectivity index (χ1) is 12.9. The van der Waals surface area contributed by atoms with Gasteiger partial charge in [-0.2, -0.15) is 0 Å². The summed E-state index contributed by atoms with van der Waals surface area (Å²) < 4.78 is 10.9. The Bertz CT molecular complexity index is 520. The third kappa shape index (κ3) is 8.65. The minimum atomic E-state index is -0.525. The summed E-state index contributed by atoms with van der Waals surface area (Å²) in [6.45, 7) is 15.0. The predicted octanol–water partition coefficient (Wildman–Crippen LogP) is 1.96. The molecule has 164 valence electrons. The second-order valence-electron chi connectivity index (χ2n) is 9.29. The van der Waals surface area contributed by atoms with Crippen molar-refractivity contribution in [3.8, 4) is 0 Å². The second kappa shape index (κ2) is 10.3. The molecule has 1 heterocycles. The fraction of sp³-hybridized carbons (Fsp3) is 0.900. The van der Waals surface area contributed by atoms with Crippen LogP contribution in [0.5, 0.6) is 0 Å². The van der Waals surface area contributed by atoms with Gasteiger partial charge in [0.05, 0.1) is 12.1 Å². The Labute approximate surface area is 170 Å². The molecule has 0 radical (unpaired) electrons. The van der Waals surface area contributed by atoms with Crippen LogP contribution in [0.1, 0.15) is 54.4 Å². The molecule has 0 aromatic rings. The number of aliphatic imine (C=N–C) groups is 1. The maximum Gasteiger partial charge on any atom is 0.408 e. The fourth-order valence-corrected chi connectivity index (χ4v) is 3.02. The third-order valence-electron chi connectivity index (χ3n) is 4.77. The van der Waals surface area contributed by atoms with Crippen LogP contribution in [0, 0.1) is 0 Å². The lowest BCUT2D eigenvalue weighted by molar-refractivity contribution is -0.00501. The van der Waals surface area contributed by atoms with Crippen LogP contribution < -0.4 is 16.0 Å². The molecule has 1 saturated heterocycles. The molecule has 1 rings (SSSR count). The van der Waals surface area contributed by atoms with Gasteiger partial charge >= 0.3 is 6.09 Å². The van der Waals surface area contributed by atoms with Crippen LogP contribution in [-0.2, 0) is 9.47 Å².